The summed E-state index contributed by atoms with van der Waals surface area (Å²) in [7, 11) is 1.62. The molecule has 0 saturated heterocycles. The molecule has 0 amide bonds. The van der Waals surface area contributed by atoms with E-state index in [0.717, 1.165) is 12.0 Å². The van der Waals surface area contributed by atoms with E-state index in [1.807, 2.05) is 0 Å². The zero-order valence-electron chi connectivity index (χ0n) is 10.5. The molecule has 0 aliphatic carbocycles. The SMILES string of the molecule is COCCCn1nnc(C(=O)O)c1-c1ccncc1. The molecule has 0 bridgehead atoms. The molecule has 7 heteroatoms. The number of aromatic carboxylic acids is 1. The lowest BCUT2D eigenvalue weighted by atomic mass is 10.1. The predicted molar refractivity (Wildman–Crippen MR) is 66.7 cm³/mol. The van der Waals surface area contributed by atoms with Crippen LogP contribution < -0.4 is 0 Å². The van der Waals surface area contributed by atoms with Crippen LogP contribution in [0.3, 0.4) is 0 Å². The summed E-state index contributed by atoms with van der Waals surface area (Å²) in [5.41, 5.74) is 1.17. The number of rotatable bonds is 6. The standard InChI is InChI=1S/C12H14N4O3/c1-19-8-2-7-16-11(9-3-5-13-6-4-9)10(12(17)18)14-15-16/h3-6H,2,7-8H2,1H3,(H,17,18). The second-order valence-corrected chi connectivity index (χ2v) is 3.90. The van der Waals surface area contributed by atoms with E-state index in [-0.39, 0.29) is 5.69 Å². The molecule has 0 aromatic carbocycles. The number of hydrogen-bond donors (Lipinski definition) is 1. The molecule has 19 heavy (non-hydrogen) atoms. The molecule has 2 rings (SSSR count). The molecule has 0 aliphatic heterocycles. The highest BCUT2D eigenvalue weighted by atomic mass is 16.5. The van der Waals surface area contributed by atoms with Crippen LogP contribution in [0.1, 0.15) is 16.9 Å². The average Bonchev–Trinajstić information content (AvgIpc) is 2.84. The van der Waals surface area contributed by atoms with Crippen LogP contribution in [-0.2, 0) is 11.3 Å². The minimum Gasteiger partial charge on any atom is -0.476 e. The number of hydrogen-bond acceptors (Lipinski definition) is 5. The average molecular weight is 262 g/mol. The van der Waals surface area contributed by atoms with Gasteiger partial charge in [-0.15, -0.1) is 5.10 Å². The smallest absolute Gasteiger partial charge is 0.358 e. The summed E-state index contributed by atoms with van der Waals surface area (Å²) >= 11 is 0. The van der Waals surface area contributed by atoms with Crippen LogP contribution in [0.25, 0.3) is 11.3 Å². The van der Waals surface area contributed by atoms with Crippen molar-refractivity contribution in [3.63, 3.8) is 0 Å². The van der Waals surface area contributed by atoms with Gasteiger partial charge < -0.3 is 9.84 Å². The molecular weight excluding hydrogens is 248 g/mol. The fraction of sp³-hybridized carbons (Fsp3) is 0.333. The minimum absolute atomic E-state index is 0.0522. The van der Waals surface area contributed by atoms with E-state index in [1.54, 1.807) is 36.3 Å². The van der Waals surface area contributed by atoms with Crippen molar-refractivity contribution in [3.05, 3.63) is 30.2 Å². The van der Waals surface area contributed by atoms with E-state index in [1.165, 1.54) is 0 Å². The maximum Gasteiger partial charge on any atom is 0.358 e. The number of carboxylic acids is 1. The Morgan fingerprint density at radius 3 is 2.79 bits per heavy atom. The first kappa shape index (κ1) is 13.2. The van der Waals surface area contributed by atoms with Crippen LogP contribution in [0.4, 0.5) is 0 Å². The lowest BCUT2D eigenvalue weighted by Crippen LogP contribution is -2.07. The molecule has 0 aliphatic rings. The largest absolute Gasteiger partial charge is 0.476 e. The summed E-state index contributed by atoms with van der Waals surface area (Å²) in [6.07, 6.45) is 3.94. The van der Waals surface area contributed by atoms with Crippen molar-refractivity contribution in [2.45, 2.75) is 13.0 Å². The second-order valence-electron chi connectivity index (χ2n) is 3.90. The number of methoxy groups -OCH3 is 1. The van der Waals surface area contributed by atoms with Gasteiger partial charge in [-0.1, -0.05) is 5.21 Å². The Hall–Kier alpha value is -2.28. The van der Waals surface area contributed by atoms with Gasteiger partial charge in [0.1, 0.15) is 5.69 Å². The molecule has 0 radical (unpaired) electrons. The monoisotopic (exact) mass is 262 g/mol. The highest BCUT2D eigenvalue weighted by Crippen LogP contribution is 2.21. The number of pyridine rings is 1. The van der Waals surface area contributed by atoms with Crippen molar-refractivity contribution in [1.29, 1.82) is 0 Å². The summed E-state index contributed by atoms with van der Waals surface area (Å²) < 4.78 is 6.56. The van der Waals surface area contributed by atoms with Crippen LogP contribution >= 0.6 is 0 Å². The summed E-state index contributed by atoms with van der Waals surface area (Å²) in [5, 5.41) is 16.8. The zero-order chi connectivity index (χ0) is 13.7. The molecule has 0 fully saturated rings. The molecule has 0 unspecified atom stereocenters. The number of nitrogens with zero attached hydrogens (tertiary/aromatic N) is 4. The fourth-order valence-corrected chi connectivity index (χ4v) is 1.77. The van der Waals surface area contributed by atoms with Crippen molar-refractivity contribution in [2.75, 3.05) is 13.7 Å². The van der Waals surface area contributed by atoms with Crippen molar-refractivity contribution in [1.82, 2.24) is 20.0 Å². The van der Waals surface area contributed by atoms with E-state index < -0.39 is 5.97 Å². The van der Waals surface area contributed by atoms with Gasteiger partial charge in [-0.3, -0.25) is 4.98 Å². The fourth-order valence-electron chi connectivity index (χ4n) is 1.77. The maximum absolute atomic E-state index is 11.2. The molecule has 2 aromatic heterocycles. The van der Waals surface area contributed by atoms with Crippen LogP contribution in [0, 0.1) is 0 Å². The van der Waals surface area contributed by atoms with Gasteiger partial charge in [0.2, 0.25) is 0 Å². The first-order chi connectivity index (χ1) is 9.24. The lowest BCUT2D eigenvalue weighted by Gasteiger charge is -2.06. The second kappa shape index (κ2) is 6.05. The van der Waals surface area contributed by atoms with Gasteiger partial charge in [0.25, 0.3) is 0 Å². The quantitative estimate of drug-likeness (QED) is 0.783. The van der Waals surface area contributed by atoms with Gasteiger partial charge in [-0.25, -0.2) is 9.48 Å². The number of aryl methyl sites for hydroxylation is 1. The Labute approximate surface area is 109 Å². The molecule has 1 N–H and O–H groups in total. The Morgan fingerprint density at radius 2 is 2.16 bits per heavy atom. The van der Waals surface area contributed by atoms with Gasteiger partial charge in [0.15, 0.2) is 5.69 Å². The maximum atomic E-state index is 11.2. The molecule has 0 spiro atoms. The van der Waals surface area contributed by atoms with Crippen molar-refractivity contribution >= 4 is 5.97 Å². The Bertz CT molecular complexity index is 553. The predicted octanol–water partition coefficient (Wildman–Crippen LogP) is 1.07. The first-order valence-corrected chi connectivity index (χ1v) is 5.80. The van der Waals surface area contributed by atoms with Gasteiger partial charge in [-0.2, -0.15) is 0 Å². The van der Waals surface area contributed by atoms with E-state index in [2.05, 4.69) is 15.3 Å². The molecule has 100 valence electrons. The lowest BCUT2D eigenvalue weighted by molar-refractivity contribution is 0.0691. The number of aromatic nitrogens is 4. The molecule has 0 saturated carbocycles. The third-order valence-corrected chi connectivity index (χ3v) is 2.61. The molecule has 0 atom stereocenters. The van der Waals surface area contributed by atoms with Crippen LogP contribution in [0.5, 0.6) is 0 Å². The first-order valence-electron chi connectivity index (χ1n) is 5.80. The van der Waals surface area contributed by atoms with Gasteiger partial charge in [-0.05, 0) is 18.6 Å². The highest BCUT2D eigenvalue weighted by molar-refractivity contribution is 5.92. The van der Waals surface area contributed by atoms with Crippen molar-refractivity contribution in [2.24, 2.45) is 0 Å². The van der Waals surface area contributed by atoms with Gasteiger partial charge in [0, 0.05) is 38.2 Å². The Kier molecular flexibility index (Phi) is 4.19. The van der Waals surface area contributed by atoms with Crippen LogP contribution in [0.15, 0.2) is 24.5 Å². The van der Waals surface area contributed by atoms with E-state index in [0.29, 0.717) is 18.8 Å². The topological polar surface area (TPSA) is 90.1 Å². The van der Waals surface area contributed by atoms with Gasteiger partial charge in [0.05, 0.1) is 0 Å². The Morgan fingerprint density at radius 1 is 1.42 bits per heavy atom. The normalized spacial score (nSPS) is 10.6. The number of carbonyl (C=O) groups is 1. The summed E-state index contributed by atoms with van der Waals surface area (Å²) in [6.45, 7) is 1.13. The zero-order valence-corrected chi connectivity index (χ0v) is 10.5. The third-order valence-electron chi connectivity index (χ3n) is 2.61. The summed E-state index contributed by atoms with van der Waals surface area (Å²) in [4.78, 5) is 15.1. The molecule has 2 heterocycles. The van der Waals surface area contributed by atoms with E-state index in [9.17, 15) is 4.79 Å². The minimum atomic E-state index is -1.09. The van der Waals surface area contributed by atoms with Gasteiger partial charge >= 0.3 is 5.97 Å². The molecule has 2 aromatic rings. The van der Waals surface area contributed by atoms with E-state index in [4.69, 9.17) is 9.84 Å². The van der Waals surface area contributed by atoms with E-state index >= 15 is 0 Å². The Balaban J connectivity index is 2.37. The molecular formula is C12H14N4O3. The van der Waals surface area contributed by atoms with Crippen molar-refractivity contribution in [3.8, 4) is 11.3 Å². The van der Waals surface area contributed by atoms with Crippen LogP contribution in [0.2, 0.25) is 0 Å². The molecule has 7 nitrogen and oxygen atoms in total. The highest BCUT2D eigenvalue weighted by Gasteiger charge is 2.20. The van der Waals surface area contributed by atoms with Crippen LogP contribution in [-0.4, -0.2) is 44.8 Å². The number of carboxylic acid groups (broad SMARTS) is 1. The number of ether oxygens (including phenoxy) is 1. The summed E-state index contributed by atoms with van der Waals surface area (Å²) in [6, 6.07) is 3.47. The summed E-state index contributed by atoms with van der Waals surface area (Å²) in [5.74, 6) is -1.09. The third kappa shape index (κ3) is 2.94. The van der Waals surface area contributed by atoms with Crippen molar-refractivity contribution < 1.29 is 14.6 Å².